The van der Waals surface area contributed by atoms with Crippen LogP contribution < -0.4 is 59.9 Å². The van der Waals surface area contributed by atoms with Crippen LogP contribution in [0.1, 0.15) is 189 Å². The first-order chi connectivity index (χ1) is 33.0. The van der Waals surface area contributed by atoms with Gasteiger partial charge in [-0.2, -0.15) is 8.42 Å². The molecule has 0 aromatic heterocycles. The van der Waals surface area contributed by atoms with Gasteiger partial charge in [-0.25, -0.2) is 8.42 Å². The molecule has 9 saturated carbocycles. The molecule has 11 aliphatic rings. The molecule has 11 rings (SSSR count). The van der Waals surface area contributed by atoms with Gasteiger partial charge in [-0.3, -0.25) is 13.5 Å². The molecular formula is C48H96AlClFLiN9NaO8S2. The van der Waals surface area contributed by atoms with Crippen LogP contribution in [0, 0.1) is 27.1 Å². The number of halogens is 2. The van der Waals surface area contributed by atoms with Crippen molar-refractivity contribution in [2.24, 2.45) is 43.7 Å². The van der Waals surface area contributed by atoms with Gasteiger partial charge >= 0.3 is 48.4 Å². The largest absolute Gasteiger partial charge is 1.00 e. The third kappa shape index (κ3) is 28.0. The van der Waals surface area contributed by atoms with E-state index in [9.17, 15) is 21.2 Å². The van der Waals surface area contributed by atoms with E-state index in [2.05, 4.69) is 32.7 Å². The van der Waals surface area contributed by atoms with Crippen molar-refractivity contribution in [1.82, 2.24) is 4.90 Å². The molecular weight excluding hydrogens is 1010 g/mol. The quantitative estimate of drug-likeness (QED) is 0.0793. The molecule has 17 nitrogen and oxygen atoms in total. The molecule has 0 aromatic carbocycles. The second-order valence-electron chi connectivity index (χ2n) is 22.4. The van der Waals surface area contributed by atoms with E-state index in [0.29, 0.717) is 39.8 Å². The summed E-state index contributed by atoms with van der Waals surface area (Å²) in [5.74, 6) is 0. The Morgan fingerprint density at radius 3 is 1.29 bits per heavy atom. The Bertz CT molecular complexity index is 1730. The molecule has 0 aromatic rings. The van der Waals surface area contributed by atoms with E-state index in [1.807, 2.05) is 0 Å². The van der Waals surface area contributed by atoms with Crippen molar-refractivity contribution in [3.8, 4) is 0 Å². The summed E-state index contributed by atoms with van der Waals surface area (Å²) in [5, 5.41) is 19.8. The maximum atomic E-state index is 10.8. The minimum atomic E-state index is -3.23. The van der Waals surface area contributed by atoms with Gasteiger partial charge in [0.05, 0.1) is 33.2 Å². The SMILES string of the molecule is C1CCOC1.CN1CCC2(CC(N)C2)C1.CO.CS(=O)(=O)Cl.CS(=O)(=O)OC1CC2(CCCC2)C1.NC1CC2(CCCC2)C1.OC1CC2(CCCC2)C1.[2H]CF.[AlH3].[H-].[Li+].[N-]=[N+]=NC1CC2(CCCC2)C1.[N-]=[N+]=[N-].[Na+]. The molecule has 2 saturated heterocycles. The molecule has 72 heavy (non-hydrogen) atoms. The van der Waals surface area contributed by atoms with Crippen molar-refractivity contribution >= 4 is 47.2 Å². The van der Waals surface area contributed by atoms with E-state index < -0.39 is 26.3 Å². The third-order valence-electron chi connectivity index (χ3n) is 16.4. The van der Waals surface area contributed by atoms with Crippen LogP contribution in [0.4, 0.5) is 4.39 Å². The van der Waals surface area contributed by atoms with Crippen LogP contribution in [0.5, 0.6) is 0 Å². The van der Waals surface area contributed by atoms with E-state index >= 15 is 0 Å². The first-order valence-corrected chi connectivity index (χ1v) is 30.1. The molecule has 0 atom stereocenters. The molecule has 9 aliphatic carbocycles. The van der Waals surface area contributed by atoms with Crippen molar-refractivity contribution < 1.29 is 91.6 Å². The molecule has 2 aliphatic heterocycles. The van der Waals surface area contributed by atoms with Crippen molar-refractivity contribution in [2.75, 3.05) is 60.1 Å². The number of aliphatic hydroxyl groups excluding tert-OH is 2. The van der Waals surface area contributed by atoms with Crippen LogP contribution in [0.2, 0.25) is 0 Å². The second-order valence-corrected chi connectivity index (χ2v) is 27.0. The van der Waals surface area contributed by atoms with Gasteiger partial charge in [0.15, 0.2) is 17.4 Å². The van der Waals surface area contributed by atoms with Crippen molar-refractivity contribution in [2.45, 2.75) is 217 Å². The Kier molecular flexibility index (Phi) is 37.0. The van der Waals surface area contributed by atoms with E-state index in [4.69, 9.17) is 48.6 Å². The summed E-state index contributed by atoms with van der Waals surface area (Å²) in [6, 6.07) is 1.41. The van der Waals surface area contributed by atoms with Crippen LogP contribution in [-0.4, -0.2) is 140 Å². The van der Waals surface area contributed by atoms with E-state index in [1.54, 1.807) is 0 Å². The number of hydrogen-bond acceptors (Lipinski definition) is 12. The van der Waals surface area contributed by atoms with Crippen LogP contribution >= 0.6 is 10.7 Å². The summed E-state index contributed by atoms with van der Waals surface area (Å²) < 4.78 is 65.8. The molecule has 412 valence electrons. The zero-order chi connectivity index (χ0) is 52.5. The van der Waals surface area contributed by atoms with Crippen molar-refractivity contribution in [1.29, 1.82) is 0 Å². The number of rotatable bonds is 3. The van der Waals surface area contributed by atoms with Gasteiger partial charge in [0.1, 0.15) is 0 Å². The van der Waals surface area contributed by atoms with Gasteiger partial charge in [-0.05, 0) is 181 Å². The van der Waals surface area contributed by atoms with Crippen molar-refractivity contribution in [3.63, 3.8) is 0 Å². The van der Waals surface area contributed by atoms with Gasteiger partial charge in [0.25, 0.3) is 10.1 Å². The fourth-order valence-corrected chi connectivity index (χ4v) is 14.1. The summed E-state index contributed by atoms with van der Waals surface area (Å²) in [4.78, 5) is 6.76. The Morgan fingerprint density at radius 2 is 1.03 bits per heavy atom. The molecule has 0 unspecified atom stereocenters. The average molecular weight is 1100 g/mol. The number of azide groups is 1. The van der Waals surface area contributed by atoms with Gasteiger partial charge in [0.2, 0.25) is 9.05 Å². The van der Waals surface area contributed by atoms with Gasteiger partial charge in [0, 0.05) is 60.6 Å². The van der Waals surface area contributed by atoms with Gasteiger partial charge in [-0.1, -0.05) is 56.5 Å². The number of nitrogens with zero attached hydrogens (tertiary/aromatic N) is 7. The number of alkyl halides is 1. The minimum absolute atomic E-state index is 0. The number of ether oxygens (including phenoxy) is 1. The van der Waals surface area contributed by atoms with Gasteiger partial charge in [-0.15, -0.1) is 0 Å². The summed E-state index contributed by atoms with van der Waals surface area (Å²) in [5.41, 5.74) is 36.3. The zero-order valence-electron chi connectivity index (χ0n) is 46.6. The summed E-state index contributed by atoms with van der Waals surface area (Å²) in [7, 11) is 0.284. The number of aliphatic hydroxyl groups is 2. The predicted octanol–water partition coefficient (Wildman–Crippen LogP) is 3.48. The molecule has 24 heteroatoms. The number of nitrogens with two attached hydrogens (primary N) is 2. The Morgan fingerprint density at radius 1 is 0.708 bits per heavy atom. The monoisotopic (exact) mass is 1100 g/mol. The molecule has 0 amide bonds. The zero-order valence-corrected chi connectivity index (χ0v) is 49.0. The van der Waals surface area contributed by atoms with E-state index in [1.165, 1.54) is 166 Å². The Hall–Kier alpha value is 0.590. The van der Waals surface area contributed by atoms with E-state index in [-0.39, 0.29) is 79.4 Å². The first kappa shape index (κ1) is 72.6. The topological polar surface area (TPSA) is 290 Å². The molecule has 2 heterocycles. The minimum Gasteiger partial charge on any atom is -1.00 e. The van der Waals surface area contributed by atoms with Gasteiger partial charge < -0.3 is 43.8 Å². The average Bonchev–Trinajstić information content (AvgIpc) is 4.07. The molecule has 6 N–H and O–H groups in total. The summed E-state index contributed by atoms with van der Waals surface area (Å²) in [6.45, 7) is 4.58. The van der Waals surface area contributed by atoms with Crippen LogP contribution in [0.3, 0.4) is 0 Å². The summed E-state index contributed by atoms with van der Waals surface area (Å²) >= 11 is 0. The Labute approximate surface area is 486 Å². The van der Waals surface area contributed by atoms with Crippen LogP contribution in [0.25, 0.3) is 26.4 Å². The predicted molar refractivity (Wildman–Crippen MR) is 286 cm³/mol. The normalized spacial score (nSPS) is 27.3. The molecule has 0 bridgehead atoms. The Balaban J connectivity index is -0.000000781. The van der Waals surface area contributed by atoms with Crippen LogP contribution in [-0.2, 0) is 28.1 Å². The van der Waals surface area contributed by atoms with Crippen LogP contribution in [0.15, 0.2) is 5.11 Å². The molecule has 0 radical (unpaired) electrons. The fourth-order valence-electron chi connectivity index (χ4n) is 13.5. The molecule has 5 spiro atoms. The third-order valence-corrected chi connectivity index (χ3v) is 17.0. The maximum Gasteiger partial charge on any atom is 1.00 e. The standard InChI is InChI=1S/C9H16O3S.C8H13N3.C8H16N2.C8H15N.C8H14O.C4H8O.CH3ClO2S.CH3F.CH4O.Al.Li.N3.Na.4H/c1-13(10,11)12-8-6-9(7-8)4-2-3-5-9;9-11-10-7-5-8(6-7)3-1-2-4-8;1-10-3-2-8(6-10)4-7(9)5-8;2*9-7-5-8(6-7)3-1-2-4-8;1-2-4-5-3-1;1-5(2,3)4;2*1-2;;;1-3-2;;;;;/h8H,2-7H2,1H3;7H,1-6H2;7H,2-6,9H2,1H3;7H,1-6,9H2;7,9H,1-6H2;1-4H2;1H3;1H3;2H,1H3;;;;;;;;/q;;;;;;;;;;+1;-1;+1;;;;-1/i;;;;;;;1D;;;;;;;;;. The summed E-state index contributed by atoms with van der Waals surface area (Å²) in [6.07, 6.45) is 39.9. The first-order valence-electron chi connectivity index (χ1n) is 26.3. The second kappa shape index (κ2) is 36.7. The number of likely N-dealkylation sites (tertiary alicyclic amines) is 1. The van der Waals surface area contributed by atoms with E-state index in [0.717, 1.165) is 76.8 Å². The fraction of sp³-hybridized carbons (Fsp3) is 1.00. The molecule has 11 fully saturated rings. The van der Waals surface area contributed by atoms with Crippen molar-refractivity contribution in [3.05, 3.63) is 26.4 Å². The maximum absolute atomic E-state index is 10.8. The number of hydrogen-bond donors (Lipinski definition) is 4. The smallest absolute Gasteiger partial charge is 1.00 e.